The quantitative estimate of drug-likeness (QED) is 0.920. The van der Waals surface area contributed by atoms with E-state index in [1.54, 1.807) is 11.3 Å². The Bertz CT molecular complexity index is 586. The van der Waals surface area contributed by atoms with E-state index in [9.17, 15) is 9.59 Å². The van der Waals surface area contributed by atoms with Gasteiger partial charge in [0.05, 0.1) is 0 Å². The third kappa shape index (κ3) is 3.03. The fourth-order valence-corrected chi connectivity index (χ4v) is 4.85. The van der Waals surface area contributed by atoms with Crippen LogP contribution in [-0.2, 0) is 4.79 Å². The van der Waals surface area contributed by atoms with Gasteiger partial charge < -0.3 is 10.2 Å². The molecule has 0 radical (unpaired) electrons. The van der Waals surface area contributed by atoms with Gasteiger partial charge in [0.2, 0.25) is 5.91 Å². The molecule has 2 heterocycles. The standard InChI is InChI=1S/C18H24N2O2S/c21-16-5-9-18(20(16)11-13-1-2-13)7-3-15(4-8-18)19-17(22)14-6-10-23-12-14/h6,10,12-13,15H,1-5,7-9,11H2,(H,19,22). The monoisotopic (exact) mass is 332 g/mol. The summed E-state index contributed by atoms with van der Waals surface area (Å²) >= 11 is 1.55. The van der Waals surface area contributed by atoms with Gasteiger partial charge in [-0.3, -0.25) is 9.59 Å². The average molecular weight is 332 g/mol. The van der Waals surface area contributed by atoms with Crippen LogP contribution in [0.1, 0.15) is 61.7 Å². The van der Waals surface area contributed by atoms with Gasteiger partial charge in [-0.2, -0.15) is 11.3 Å². The second kappa shape index (κ2) is 5.93. The van der Waals surface area contributed by atoms with Crippen molar-refractivity contribution in [2.24, 2.45) is 5.92 Å². The molecule has 2 amide bonds. The van der Waals surface area contributed by atoms with E-state index in [2.05, 4.69) is 10.2 Å². The molecule has 0 aromatic carbocycles. The van der Waals surface area contributed by atoms with Crippen molar-refractivity contribution in [1.82, 2.24) is 10.2 Å². The molecule has 1 spiro atoms. The fourth-order valence-electron chi connectivity index (χ4n) is 4.21. The molecule has 3 aliphatic rings. The lowest BCUT2D eigenvalue weighted by Crippen LogP contribution is -2.51. The van der Waals surface area contributed by atoms with Gasteiger partial charge >= 0.3 is 0 Å². The van der Waals surface area contributed by atoms with Crippen molar-refractivity contribution >= 4 is 23.2 Å². The highest BCUT2D eigenvalue weighted by molar-refractivity contribution is 7.08. The molecule has 23 heavy (non-hydrogen) atoms. The Labute approximate surface area is 141 Å². The van der Waals surface area contributed by atoms with Crippen LogP contribution in [0.4, 0.5) is 0 Å². The number of nitrogens with zero attached hydrogens (tertiary/aromatic N) is 1. The third-order valence-electron chi connectivity index (χ3n) is 5.85. The Kier molecular flexibility index (Phi) is 3.92. The molecule has 4 rings (SSSR count). The first-order valence-electron chi connectivity index (χ1n) is 8.80. The fraction of sp³-hybridized carbons (Fsp3) is 0.667. The first kappa shape index (κ1) is 15.2. The molecule has 1 saturated heterocycles. The van der Waals surface area contributed by atoms with Gasteiger partial charge in [-0.05, 0) is 62.3 Å². The molecule has 1 N–H and O–H groups in total. The van der Waals surface area contributed by atoms with Crippen molar-refractivity contribution in [2.75, 3.05) is 6.54 Å². The van der Waals surface area contributed by atoms with Gasteiger partial charge in [0.1, 0.15) is 0 Å². The van der Waals surface area contributed by atoms with Crippen molar-refractivity contribution in [3.05, 3.63) is 22.4 Å². The SMILES string of the molecule is O=C(NC1CCC2(CCC(=O)N2CC2CC2)CC1)c1ccsc1. The second-order valence-electron chi connectivity index (χ2n) is 7.43. The summed E-state index contributed by atoms with van der Waals surface area (Å²) in [5.41, 5.74) is 0.866. The second-order valence-corrected chi connectivity index (χ2v) is 8.21. The molecule has 1 aromatic rings. The molecule has 1 aliphatic heterocycles. The van der Waals surface area contributed by atoms with Crippen LogP contribution in [0.3, 0.4) is 0 Å². The van der Waals surface area contributed by atoms with Gasteiger partial charge in [-0.25, -0.2) is 0 Å². The van der Waals surface area contributed by atoms with Crippen LogP contribution in [0.15, 0.2) is 16.8 Å². The van der Waals surface area contributed by atoms with Gasteiger partial charge in [0.15, 0.2) is 0 Å². The molecule has 124 valence electrons. The van der Waals surface area contributed by atoms with Crippen molar-refractivity contribution in [1.29, 1.82) is 0 Å². The van der Waals surface area contributed by atoms with E-state index in [0.29, 0.717) is 5.91 Å². The number of carbonyl (C=O) groups excluding carboxylic acids is 2. The largest absolute Gasteiger partial charge is 0.349 e. The Balaban J connectivity index is 1.36. The summed E-state index contributed by atoms with van der Waals surface area (Å²) in [5, 5.41) is 7.00. The third-order valence-corrected chi connectivity index (χ3v) is 6.53. The molecule has 2 saturated carbocycles. The molecule has 0 bridgehead atoms. The molecular formula is C18H24N2O2S. The lowest BCUT2D eigenvalue weighted by atomic mass is 9.77. The first-order chi connectivity index (χ1) is 11.2. The summed E-state index contributed by atoms with van der Waals surface area (Å²) in [6.07, 6.45) is 8.38. The topological polar surface area (TPSA) is 49.4 Å². The van der Waals surface area contributed by atoms with E-state index >= 15 is 0 Å². The Morgan fingerprint density at radius 1 is 1.26 bits per heavy atom. The number of carbonyl (C=O) groups is 2. The smallest absolute Gasteiger partial charge is 0.252 e. The highest BCUT2D eigenvalue weighted by atomic mass is 32.1. The van der Waals surface area contributed by atoms with Gasteiger partial charge in [0.25, 0.3) is 5.91 Å². The van der Waals surface area contributed by atoms with Crippen LogP contribution in [0.5, 0.6) is 0 Å². The number of hydrogen-bond donors (Lipinski definition) is 1. The molecule has 5 heteroatoms. The van der Waals surface area contributed by atoms with Crippen molar-refractivity contribution < 1.29 is 9.59 Å². The summed E-state index contributed by atoms with van der Waals surface area (Å²) in [6, 6.07) is 2.13. The summed E-state index contributed by atoms with van der Waals surface area (Å²) in [4.78, 5) is 26.7. The van der Waals surface area contributed by atoms with E-state index in [0.717, 1.165) is 56.6 Å². The van der Waals surface area contributed by atoms with E-state index < -0.39 is 0 Å². The summed E-state index contributed by atoms with van der Waals surface area (Å²) in [7, 11) is 0. The van der Waals surface area contributed by atoms with Crippen molar-refractivity contribution in [3.63, 3.8) is 0 Å². The van der Waals surface area contributed by atoms with Gasteiger partial charge in [0, 0.05) is 35.5 Å². The summed E-state index contributed by atoms with van der Waals surface area (Å²) < 4.78 is 0. The molecule has 2 aliphatic carbocycles. The van der Waals surface area contributed by atoms with Crippen LogP contribution in [0, 0.1) is 5.92 Å². The van der Waals surface area contributed by atoms with Crippen molar-refractivity contribution in [3.8, 4) is 0 Å². The first-order valence-corrected chi connectivity index (χ1v) is 9.74. The van der Waals surface area contributed by atoms with E-state index in [1.807, 2.05) is 16.8 Å². The highest BCUT2D eigenvalue weighted by Crippen LogP contribution is 2.44. The Hall–Kier alpha value is -1.36. The zero-order chi connectivity index (χ0) is 15.9. The number of nitrogens with one attached hydrogen (secondary N) is 1. The number of hydrogen-bond acceptors (Lipinski definition) is 3. The zero-order valence-electron chi connectivity index (χ0n) is 13.4. The predicted molar refractivity (Wildman–Crippen MR) is 90.4 cm³/mol. The van der Waals surface area contributed by atoms with Gasteiger partial charge in [-0.15, -0.1) is 0 Å². The molecular weight excluding hydrogens is 308 g/mol. The molecule has 0 atom stereocenters. The highest BCUT2D eigenvalue weighted by Gasteiger charge is 2.48. The maximum atomic E-state index is 12.3. The molecule has 3 fully saturated rings. The van der Waals surface area contributed by atoms with E-state index in [-0.39, 0.29) is 17.5 Å². The number of thiophene rings is 1. The average Bonchev–Trinajstić information content (AvgIpc) is 3.11. The molecule has 0 unspecified atom stereocenters. The number of rotatable bonds is 4. The Morgan fingerprint density at radius 3 is 2.70 bits per heavy atom. The minimum absolute atomic E-state index is 0.0459. The number of amides is 2. The lowest BCUT2D eigenvalue weighted by Gasteiger charge is -2.44. The van der Waals surface area contributed by atoms with Crippen LogP contribution < -0.4 is 5.32 Å². The Morgan fingerprint density at radius 2 is 2.04 bits per heavy atom. The predicted octanol–water partition coefficient (Wildman–Crippen LogP) is 3.19. The normalized spacial score (nSPS) is 30.9. The molecule has 4 nitrogen and oxygen atoms in total. The van der Waals surface area contributed by atoms with E-state index in [4.69, 9.17) is 0 Å². The maximum absolute atomic E-state index is 12.3. The summed E-state index contributed by atoms with van der Waals surface area (Å²) in [5.74, 6) is 1.16. The maximum Gasteiger partial charge on any atom is 0.252 e. The van der Waals surface area contributed by atoms with Crippen LogP contribution in [0.25, 0.3) is 0 Å². The van der Waals surface area contributed by atoms with Crippen LogP contribution >= 0.6 is 11.3 Å². The number of likely N-dealkylation sites (tertiary alicyclic amines) is 1. The zero-order valence-corrected chi connectivity index (χ0v) is 14.2. The minimum Gasteiger partial charge on any atom is -0.349 e. The lowest BCUT2D eigenvalue weighted by molar-refractivity contribution is -0.132. The minimum atomic E-state index is 0.0459. The molecule has 1 aromatic heterocycles. The van der Waals surface area contributed by atoms with E-state index in [1.165, 1.54) is 12.8 Å². The van der Waals surface area contributed by atoms with Gasteiger partial charge in [-0.1, -0.05) is 0 Å². The van der Waals surface area contributed by atoms with Crippen molar-refractivity contribution in [2.45, 2.75) is 62.9 Å². The van der Waals surface area contributed by atoms with Crippen LogP contribution in [-0.4, -0.2) is 34.8 Å². The van der Waals surface area contributed by atoms with Crippen LogP contribution in [0.2, 0.25) is 0 Å². The summed E-state index contributed by atoms with van der Waals surface area (Å²) in [6.45, 7) is 0.977.